The fourth-order valence-electron chi connectivity index (χ4n) is 2.33. The van der Waals surface area contributed by atoms with Crippen LogP contribution in [0.25, 0.3) is 0 Å². The van der Waals surface area contributed by atoms with Crippen molar-refractivity contribution >= 4 is 33.0 Å². The molecule has 0 unspecified atom stereocenters. The first-order valence-corrected chi connectivity index (χ1v) is 7.85. The number of hydrogen-bond acceptors (Lipinski definition) is 2. The highest BCUT2D eigenvalue weighted by molar-refractivity contribution is 9.11. The van der Waals surface area contributed by atoms with Crippen molar-refractivity contribution in [2.24, 2.45) is 0 Å². The Morgan fingerprint density at radius 1 is 1.05 bits per heavy atom. The van der Waals surface area contributed by atoms with Crippen molar-refractivity contribution in [3.63, 3.8) is 0 Å². The van der Waals surface area contributed by atoms with Crippen LogP contribution < -0.4 is 0 Å². The lowest BCUT2D eigenvalue weighted by atomic mass is 9.95. The molecule has 0 saturated heterocycles. The highest BCUT2D eigenvalue weighted by Crippen LogP contribution is 2.29. The van der Waals surface area contributed by atoms with E-state index in [1.54, 1.807) is 0 Å². The first kappa shape index (κ1) is 14.5. The van der Waals surface area contributed by atoms with Gasteiger partial charge in [-0.25, -0.2) is 0 Å². The van der Waals surface area contributed by atoms with Gasteiger partial charge in [-0.15, -0.1) is 11.3 Å². The van der Waals surface area contributed by atoms with E-state index in [-0.39, 0.29) is 5.78 Å². The molecule has 100 valence electrons. The van der Waals surface area contributed by atoms with Crippen molar-refractivity contribution in [3.8, 4) is 0 Å². The molecule has 0 spiro atoms. The minimum atomic E-state index is 0.203. The maximum absolute atomic E-state index is 12.4. The number of thiophene rings is 1. The fraction of sp³-hybridized carbons (Fsp3) is 0.312. The highest BCUT2D eigenvalue weighted by Gasteiger charge is 2.14. The molecule has 0 aliphatic carbocycles. The largest absolute Gasteiger partial charge is 0.293 e. The van der Waals surface area contributed by atoms with Crippen molar-refractivity contribution in [2.75, 3.05) is 0 Å². The molecule has 0 fully saturated rings. The van der Waals surface area contributed by atoms with Gasteiger partial charge in [-0.05, 0) is 71.9 Å². The van der Waals surface area contributed by atoms with Crippen LogP contribution in [0.3, 0.4) is 0 Å². The van der Waals surface area contributed by atoms with Gasteiger partial charge in [0.15, 0.2) is 5.78 Å². The summed E-state index contributed by atoms with van der Waals surface area (Å²) in [6.45, 7) is 8.27. The number of halogens is 1. The van der Waals surface area contributed by atoms with Gasteiger partial charge in [-0.3, -0.25) is 4.79 Å². The zero-order valence-corrected chi connectivity index (χ0v) is 14.0. The molecule has 2 aromatic rings. The SMILES string of the molecule is Cc1cc(C)c(CC(=O)c2cc(C)c(Br)s2)c(C)c1. The summed E-state index contributed by atoms with van der Waals surface area (Å²) in [5.74, 6) is 0.203. The molecule has 3 heteroatoms. The molecule has 1 aromatic heterocycles. The quantitative estimate of drug-likeness (QED) is 0.706. The van der Waals surface area contributed by atoms with E-state index in [1.165, 1.54) is 28.0 Å². The molecule has 0 N–H and O–H groups in total. The molecule has 1 nitrogen and oxygen atoms in total. The number of hydrogen-bond donors (Lipinski definition) is 0. The summed E-state index contributed by atoms with van der Waals surface area (Å²) in [6, 6.07) is 6.26. The number of aryl methyl sites for hydroxylation is 4. The third-order valence-electron chi connectivity index (χ3n) is 3.31. The molecule has 2 rings (SSSR count). The van der Waals surface area contributed by atoms with Crippen molar-refractivity contribution in [3.05, 3.63) is 54.7 Å². The summed E-state index contributed by atoms with van der Waals surface area (Å²) >= 11 is 5.00. The smallest absolute Gasteiger partial charge is 0.177 e. The normalized spacial score (nSPS) is 10.8. The Hall–Kier alpha value is -0.930. The Bertz CT molecular complexity index is 598. The van der Waals surface area contributed by atoms with E-state index >= 15 is 0 Å². The second-order valence-electron chi connectivity index (χ2n) is 5.04. The Morgan fingerprint density at radius 3 is 2.11 bits per heavy atom. The second kappa shape index (κ2) is 5.59. The molecule has 0 amide bonds. The molecular formula is C16H17BrOS. The van der Waals surface area contributed by atoms with Crippen molar-refractivity contribution in [1.82, 2.24) is 0 Å². The molecule has 0 aliphatic rings. The van der Waals surface area contributed by atoms with E-state index in [0.29, 0.717) is 6.42 Å². The third-order valence-corrected chi connectivity index (χ3v) is 5.49. The Morgan fingerprint density at radius 2 is 1.63 bits per heavy atom. The highest BCUT2D eigenvalue weighted by atomic mass is 79.9. The van der Waals surface area contributed by atoms with Crippen LogP contribution in [-0.2, 0) is 6.42 Å². The van der Waals surface area contributed by atoms with Gasteiger partial charge in [-0.1, -0.05) is 17.7 Å². The van der Waals surface area contributed by atoms with Crippen LogP contribution >= 0.6 is 27.3 Å². The lowest BCUT2D eigenvalue weighted by molar-refractivity contribution is 0.0996. The average molecular weight is 337 g/mol. The van der Waals surface area contributed by atoms with E-state index in [4.69, 9.17) is 0 Å². The summed E-state index contributed by atoms with van der Waals surface area (Å²) in [7, 11) is 0. The standard InChI is InChI=1S/C16H17BrOS/c1-9-5-10(2)13(11(3)6-9)8-14(18)15-7-12(4)16(17)19-15/h5-7H,8H2,1-4H3. The van der Waals surface area contributed by atoms with Crippen LogP contribution in [0.4, 0.5) is 0 Å². The van der Waals surface area contributed by atoms with E-state index < -0.39 is 0 Å². The molecular weight excluding hydrogens is 320 g/mol. The molecule has 1 aromatic carbocycles. The summed E-state index contributed by atoms with van der Waals surface area (Å²) < 4.78 is 1.05. The number of Topliss-reactive ketones (excluding diaryl/α,β-unsaturated/α-hetero) is 1. The van der Waals surface area contributed by atoms with Crippen LogP contribution in [0.1, 0.15) is 37.5 Å². The van der Waals surface area contributed by atoms with E-state index in [2.05, 4.69) is 48.8 Å². The first-order valence-electron chi connectivity index (χ1n) is 6.24. The summed E-state index contributed by atoms with van der Waals surface area (Å²) in [6.07, 6.45) is 0.490. The molecule has 0 saturated carbocycles. The van der Waals surface area contributed by atoms with Crippen LogP contribution in [0.15, 0.2) is 22.0 Å². The van der Waals surface area contributed by atoms with Crippen LogP contribution in [0.5, 0.6) is 0 Å². The van der Waals surface area contributed by atoms with Gasteiger partial charge < -0.3 is 0 Å². The number of rotatable bonds is 3. The fourth-order valence-corrected chi connectivity index (χ4v) is 3.81. The van der Waals surface area contributed by atoms with Crippen LogP contribution in [-0.4, -0.2) is 5.78 Å². The lowest BCUT2D eigenvalue weighted by Gasteiger charge is -2.10. The van der Waals surface area contributed by atoms with Gasteiger partial charge >= 0.3 is 0 Å². The van der Waals surface area contributed by atoms with Gasteiger partial charge in [0.25, 0.3) is 0 Å². The van der Waals surface area contributed by atoms with Crippen LogP contribution in [0.2, 0.25) is 0 Å². The second-order valence-corrected chi connectivity index (χ2v) is 7.41. The maximum Gasteiger partial charge on any atom is 0.177 e. The van der Waals surface area contributed by atoms with Gasteiger partial charge in [0.1, 0.15) is 0 Å². The van der Waals surface area contributed by atoms with Gasteiger partial charge in [0, 0.05) is 6.42 Å². The number of carbonyl (C=O) groups is 1. The van der Waals surface area contributed by atoms with Gasteiger partial charge in [-0.2, -0.15) is 0 Å². The predicted octanol–water partition coefficient (Wildman–Crippen LogP) is 5.17. The van der Waals surface area contributed by atoms with Crippen molar-refractivity contribution in [1.29, 1.82) is 0 Å². The van der Waals surface area contributed by atoms with Gasteiger partial charge in [0.2, 0.25) is 0 Å². The lowest BCUT2D eigenvalue weighted by Crippen LogP contribution is -2.05. The maximum atomic E-state index is 12.4. The van der Waals surface area contributed by atoms with Crippen LogP contribution in [0, 0.1) is 27.7 Å². The molecule has 0 aliphatic heterocycles. The summed E-state index contributed by atoms with van der Waals surface area (Å²) in [5, 5.41) is 0. The molecule has 1 heterocycles. The van der Waals surface area contributed by atoms with Crippen molar-refractivity contribution in [2.45, 2.75) is 34.1 Å². The monoisotopic (exact) mass is 336 g/mol. The third kappa shape index (κ3) is 3.15. The summed E-state index contributed by atoms with van der Waals surface area (Å²) in [4.78, 5) is 13.2. The molecule has 0 bridgehead atoms. The van der Waals surface area contributed by atoms with Gasteiger partial charge in [0.05, 0.1) is 8.66 Å². The molecule has 0 atom stereocenters. The summed E-state index contributed by atoms with van der Waals surface area (Å²) in [5.41, 5.74) is 5.96. The number of benzene rings is 1. The number of carbonyl (C=O) groups excluding carboxylic acids is 1. The predicted molar refractivity (Wildman–Crippen MR) is 85.4 cm³/mol. The zero-order valence-electron chi connectivity index (χ0n) is 11.6. The number of ketones is 1. The van der Waals surface area contributed by atoms with E-state index in [9.17, 15) is 4.79 Å². The Labute approximate surface area is 126 Å². The minimum absolute atomic E-state index is 0.203. The van der Waals surface area contributed by atoms with E-state index in [1.807, 2.05) is 13.0 Å². The van der Waals surface area contributed by atoms with Crippen molar-refractivity contribution < 1.29 is 4.79 Å². The Balaban J connectivity index is 2.29. The minimum Gasteiger partial charge on any atom is -0.293 e. The zero-order chi connectivity index (χ0) is 14.2. The molecule has 0 radical (unpaired) electrons. The Kier molecular flexibility index (Phi) is 4.26. The average Bonchev–Trinajstić information content (AvgIpc) is 2.64. The topological polar surface area (TPSA) is 17.1 Å². The first-order chi connectivity index (χ1) is 8.88. The molecule has 19 heavy (non-hydrogen) atoms. The van der Waals surface area contributed by atoms with E-state index in [0.717, 1.165) is 19.8 Å².